The van der Waals surface area contributed by atoms with Crippen molar-refractivity contribution in [1.82, 2.24) is 20.1 Å². The fourth-order valence-corrected chi connectivity index (χ4v) is 3.15. The van der Waals surface area contributed by atoms with Crippen molar-refractivity contribution in [1.29, 1.82) is 0 Å². The molecule has 29 heavy (non-hydrogen) atoms. The van der Waals surface area contributed by atoms with E-state index in [-0.39, 0.29) is 5.91 Å². The molecule has 2 heterocycles. The Labute approximate surface area is 179 Å². The Hall–Kier alpha value is -2.57. The van der Waals surface area contributed by atoms with Crippen LogP contribution in [-0.2, 0) is 11.3 Å². The Bertz CT molecular complexity index is 987. The van der Waals surface area contributed by atoms with Crippen LogP contribution in [0.25, 0.3) is 5.82 Å². The van der Waals surface area contributed by atoms with E-state index in [2.05, 4.69) is 15.4 Å². The first kappa shape index (κ1) is 21.1. The number of nitrogens with zero attached hydrogens (tertiary/aromatic N) is 3. The van der Waals surface area contributed by atoms with E-state index in [0.29, 0.717) is 41.8 Å². The number of halogens is 2. The first-order valence-corrected chi connectivity index (χ1v) is 10.0. The van der Waals surface area contributed by atoms with Crippen molar-refractivity contribution in [2.24, 2.45) is 0 Å². The second kappa shape index (κ2) is 9.76. The number of pyridine rings is 1. The first-order chi connectivity index (χ1) is 13.9. The molecule has 0 aliphatic carbocycles. The summed E-state index contributed by atoms with van der Waals surface area (Å²) in [6.45, 7) is 4.73. The van der Waals surface area contributed by atoms with Crippen LogP contribution >= 0.6 is 23.2 Å². The van der Waals surface area contributed by atoms with E-state index in [0.717, 1.165) is 22.8 Å². The smallest absolute Gasteiger partial charge is 0.220 e. The maximum Gasteiger partial charge on any atom is 0.220 e. The van der Waals surface area contributed by atoms with Crippen LogP contribution in [0.15, 0.2) is 42.6 Å². The summed E-state index contributed by atoms with van der Waals surface area (Å²) in [5.41, 5.74) is 2.89. The SMILES string of the molecule is Cc1cc(C)n(-c2ccc(CNC(=O)CCCOc3cccc(Cl)c3Cl)cn2)n1. The highest BCUT2D eigenvalue weighted by atomic mass is 35.5. The molecule has 1 amide bonds. The van der Waals surface area contributed by atoms with Gasteiger partial charge in [0.05, 0.1) is 17.3 Å². The van der Waals surface area contributed by atoms with Gasteiger partial charge >= 0.3 is 0 Å². The molecule has 0 unspecified atom stereocenters. The Morgan fingerprint density at radius 2 is 2.03 bits per heavy atom. The molecule has 0 bridgehead atoms. The molecule has 0 saturated heterocycles. The van der Waals surface area contributed by atoms with E-state index in [1.807, 2.05) is 32.0 Å². The predicted octanol–water partition coefficient (Wildman–Crippen LogP) is 4.67. The van der Waals surface area contributed by atoms with Gasteiger partial charge in [-0.05, 0) is 50.1 Å². The maximum absolute atomic E-state index is 12.0. The minimum Gasteiger partial charge on any atom is -0.492 e. The van der Waals surface area contributed by atoms with Gasteiger partial charge in [-0.3, -0.25) is 4.79 Å². The molecule has 1 N–H and O–H groups in total. The van der Waals surface area contributed by atoms with Crippen molar-refractivity contribution >= 4 is 29.1 Å². The molecule has 0 radical (unpaired) electrons. The molecule has 3 aromatic rings. The third-order valence-corrected chi connectivity index (χ3v) is 5.05. The summed E-state index contributed by atoms with van der Waals surface area (Å²) >= 11 is 12.0. The summed E-state index contributed by atoms with van der Waals surface area (Å²) in [6, 6.07) is 11.0. The number of hydrogen-bond donors (Lipinski definition) is 1. The van der Waals surface area contributed by atoms with E-state index >= 15 is 0 Å². The van der Waals surface area contributed by atoms with E-state index in [1.165, 1.54) is 0 Å². The summed E-state index contributed by atoms with van der Waals surface area (Å²) in [5, 5.41) is 8.13. The van der Waals surface area contributed by atoms with E-state index in [4.69, 9.17) is 27.9 Å². The molecular formula is C21H22Cl2N4O2. The highest BCUT2D eigenvalue weighted by molar-refractivity contribution is 6.42. The molecule has 3 rings (SSSR count). The van der Waals surface area contributed by atoms with Gasteiger partial charge in [0.1, 0.15) is 10.8 Å². The largest absolute Gasteiger partial charge is 0.492 e. The fraction of sp³-hybridized carbons (Fsp3) is 0.286. The van der Waals surface area contributed by atoms with Gasteiger partial charge in [0.15, 0.2) is 5.82 Å². The van der Waals surface area contributed by atoms with Crippen LogP contribution in [0.5, 0.6) is 5.75 Å². The molecule has 0 aliphatic heterocycles. The Morgan fingerprint density at radius 3 is 2.72 bits per heavy atom. The highest BCUT2D eigenvalue weighted by Gasteiger charge is 2.08. The third kappa shape index (κ3) is 5.71. The zero-order chi connectivity index (χ0) is 20.8. The van der Waals surface area contributed by atoms with Crippen molar-refractivity contribution < 1.29 is 9.53 Å². The monoisotopic (exact) mass is 432 g/mol. The van der Waals surface area contributed by atoms with Gasteiger partial charge < -0.3 is 10.1 Å². The summed E-state index contributed by atoms with van der Waals surface area (Å²) < 4.78 is 7.38. The van der Waals surface area contributed by atoms with E-state index in [9.17, 15) is 4.79 Å². The number of nitrogens with one attached hydrogen (secondary N) is 1. The lowest BCUT2D eigenvalue weighted by molar-refractivity contribution is -0.121. The van der Waals surface area contributed by atoms with Crippen LogP contribution in [-0.4, -0.2) is 27.3 Å². The summed E-state index contributed by atoms with van der Waals surface area (Å²) in [5.74, 6) is 1.23. The van der Waals surface area contributed by atoms with Crippen LogP contribution in [0.1, 0.15) is 29.8 Å². The second-order valence-electron chi connectivity index (χ2n) is 6.64. The number of hydrogen-bond acceptors (Lipinski definition) is 4. The number of aromatic nitrogens is 3. The van der Waals surface area contributed by atoms with E-state index < -0.39 is 0 Å². The highest BCUT2D eigenvalue weighted by Crippen LogP contribution is 2.31. The number of rotatable bonds is 8. The average Bonchev–Trinajstić information content (AvgIpc) is 3.05. The Balaban J connectivity index is 1.41. The van der Waals surface area contributed by atoms with Crippen LogP contribution in [0.3, 0.4) is 0 Å². The van der Waals surface area contributed by atoms with Crippen molar-refractivity contribution in [2.45, 2.75) is 33.2 Å². The summed E-state index contributed by atoms with van der Waals surface area (Å²) in [6.07, 6.45) is 2.68. The van der Waals surface area contributed by atoms with Crippen LogP contribution in [0.2, 0.25) is 10.0 Å². The van der Waals surface area contributed by atoms with Crippen LogP contribution < -0.4 is 10.1 Å². The molecule has 2 aromatic heterocycles. The van der Waals surface area contributed by atoms with Crippen molar-refractivity contribution in [2.75, 3.05) is 6.61 Å². The van der Waals surface area contributed by atoms with Gasteiger partial charge in [-0.25, -0.2) is 9.67 Å². The van der Waals surface area contributed by atoms with E-state index in [1.54, 1.807) is 29.1 Å². The summed E-state index contributed by atoms with van der Waals surface area (Å²) in [7, 11) is 0. The van der Waals surface area contributed by atoms with Gasteiger partial charge in [-0.15, -0.1) is 0 Å². The number of benzene rings is 1. The van der Waals surface area contributed by atoms with Crippen molar-refractivity contribution in [3.05, 3.63) is 69.6 Å². The molecule has 0 atom stereocenters. The molecule has 1 aromatic carbocycles. The molecule has 0 fully saturated rings. The lowest BCUT2D eigenvalue weighted by Crippen LogP contribution is -2.23. The minimum atomic E-state index is -0.0478. The molecule has 0 saturated carbocycles. The quantitative estimate of drug-likeness (QED) is 0.525. The molecule has 8 heteroatoms. The normalized spacial score (nSPS) is 10.8. The lowest BCUT2D eigenvalue weighted by atomic mass is 10.2. The maximum atomic E-state index is 12.0. The minimum absolute atomic E-state index is 0.0478. The van der Waals surface area contributed by atoms with Crippen LogP contribution in [0, 0.1) is 13.8 Å². The van der Waals surface area contributed by atoms with Gasteiger partial charge in [0.2, 0.25) is 5.91 Å². The molecule has 0 spiro atoms. The lowest BCUT2D eigenvalue weighted by Gasteiger charge is -2.09. The zero-order valence-electron chi connectivity index (χ0n) is 16.3. The number of carbonyl (C=O) groups is 1. The number of aryl methyl sites for hydroxylation is 2. The van der Waals surface area contributed by atoms with Gasteiger partial charge in [-0.2, -0.15) is 5.10 Å². The molecule has 152 valence electrons. The average molecular weight is 433 g/mol. The molecular weight excluding hydrogens is 411 g/mol. The molecule has 6 nitrogen and oxygen atoms in total. The topological polar surface area (TPSA) is 69.0 Å². The molecule has 0 aliphatic rings. The Morgan fingerprint density at radius 1 is 1.21 bits per heavy atom. The standard InChI is InChI=1S/C21H22Cl2N4O2/c1-14-11-15(2)27(26-14)19-9-8-16(12-24-19)13-25-20(28)7-4-10-29-18-6-3-5-17(22)21(18)23/h3,5-6,8-9,11-12H,4,7,10,13H2,1-2H3,(H,25,28). The Kier molecular flexibility index (Phi) is 7.12. The third-order valence-electron chi connectivity index (χ3n) is 4.25. The fourth-order valence-electron chi connectivity index (χ4n) is 2.81. The van der Waals surface area contributed by atoms with Gasteiger partial charge in [-0.1, -0.05) is 35.3 Å². The van der Waals surface area contributed by atoms with Gasteiger partial charge in [0.25, 0.3) is 0 Å². The summed E-state index contributed by atoms with van der Waals surface area (Å²) in [4.78, 5) is 16.5. The number of amides is 1. The van der Waals surface area contributed by atoms with Crippen molar-refractivity contribution in [3.8, 4) is 11.6 Å². The predicted molar refractivity (Wildman–Crippen MR) is 114 cm³/mol. The zero-order valence-corrected chi connectivity index (χ0v) is 17.8. The second-order valence-corrected chi connectivity index (χ2v) is 7.43. The first-order valence-electron chi connectivity index (χ1n) is 9.26. The van der Waals surface area contributed by atoms with Gasteiger partial charge in [0, 0.05) is 24.9 Å². The van der Waals surface area contributed by atoms with Crippen molar-refractivity contribution in [3.63, 3.8) is 0 Å². The number of carbonyl (C=O) groups excluding carboxylic acids is 1. The van der Waals surface area contributed by atoms with Crippen LogP contribution in [0.4, 0.5) is 0 Å². The number of ether oxygens (including phenoxy) is 1.